The highest BCUT2D eigenvalue weighted by Crippen LogP contribution is 2.15. The van der Waals surface area contributed by atoms with Crippen molar-refractivity contribution in [3.05, 3.63) is 81.8 Å². The maximum Gasteiger partial charge on any atom is 0.271 e. The number of hydrogen-bond acceptors (Lipinski definition) is 4. The molecule has 2 N–H and O–H groups in total. The molecule has 1 aromatic heterocycles. The molecule has 0 unspecified atom stereocenters. The summed E-state index contributed by atoms with van der Waals surface area (Å²) in [4.78, 5) is 16.5. The van der Waals surface area contributed by atoms with E-state index in [0.29, 0.717) is 12.2 Å². The fourth-order valence-corrected chi connectivity index (χ4v) is 2.96. The van der Waals surface area contributed by atoms with Crippen molar-refractivity contribution in [2.45, 2.75) is 13.0 Å². The molecule has 0 aliphatic carbocycles. The zero-order chi connectivity index (χ0) is 16.1. The summed E-state index contributed by atoms with van der Waals surface area (Å²) in [6.45, 7) is 0.407. The maximum atomic E-state index is 12.1. The van der Waals surface area contributed by atoms with Crippen molar-refractivity contribution in [1.29, 1.82) is 0 Å². The van der Waals surface area contributed by atoms with E-state index >= 15 is 0 Å². The first-order valence-electron chi connectivity index (χ1n) is 7.25. The molecule has 0 bridgehead atoms. The van der Waals surface area contributed by atoms with Gasteiger partial charge in [0.25, 0.3) is 5.91 Å². The molecule has 0 aliphatic rings. The van der Waals surface area contributed by atoms with Gasteiger partial charge in [0.1, 0.15) is 11.4 Å². The minimum atomic E-state index is -0.186. The molecule has 4 nitrogen and oxygen atoms in total. The minimum absolute atomic E-state index is 0.186. The van der Waals surface area contributed by atoms with Gasteiger partial charge in [0, 0.05) is 18.3 Å². The largest absolute Gasteiger partial charge is 0.508 e. The van der Waals surface area contributed by atoms with Crippen LogP contribution in [0.5, 0.6) is 5.75 Å². The van der Waals surface area contributed by atoms with Crippen LogP contribution in [-0.2, 0) is 13.0 Å². The third kappa shape index (κ3) is 4.17. The summed E-state index contributed by atoms with van der Waals surface area (Å²) >= 11 is 1.49. The molecule has 116 valence electrons. The molecular weight excluding hydrogens is 308 g/mol. The van der Waals surface area contributed by atoms with Crippen molar-refractivity contribution < 1.29 is 9.90 Å². The van der Waals surface area contributed by atoms with Crippen molar-refractivity contribution in [3.63, 3.8) is 0 Å². The Balaban J connectivity index is 1.59. The van der Waals surface area contributed by atoms with E-state index in [1.807, 2.05) is 30.3 Å². The first kappa shape index (κ1) is 15.2. The second-order valence-electron chi connectivity index (χ2n) is 5.14. The van der Waals surface area contributed by atoms with Gasteiger partial charge in [0.05, 0.1) is 5.01 Å². The van der Waals surface area contributed by atoms with Crippen molar-refractivity contribution >= 4 is 17.2 Å². The van der Waals surface area contributed by atoms with Gasteiger partial charge in [0.2, 0.25) is 0 Å². The number of nitrogens with one attached hydrogen (secondary N) is 1. The highest BCUT2D eigenvalue weighted by molar-refractivity contribution is 7.09. The normalized spacial score (nSPS) is 10.4. The van der Waals surface area contributed by atoms with Crippen LogP contribution in [0.4, 0.5) is 0 Å². The van der Waals surface area contributed by atoms with Crippen LogP contribution in [0.15, 0.2) is 60.0 Å². The van der Waals surface area contributed by atoms with Crippen molar-refractivity contribution in [2.24, 2.45) is 0 Å². The van der Waals surface area contributed by atoms with E-state index < -0.39 is 0 Å². The molecule has 5 heteroatoms. The summed E-state index contributed by atoms with van der Waals surface area (Å²) in [6.07, 6.45) is 0.733. The van der Waals surface area contributed by atoms with Gasteiger partial charge in [-0.15, -0.1) is 11.3 Å². The average molecular weight is 324 g/mol. The van der Waals surface area contributed by atoms with Crippen LogP contribution in [0, 0.1) is 0 Å². The molecule has 1 heterocycles. The predicted octanol–water partition coefficient (Wildman–Crippen LogP) is 3.37. The zero-order valence-corrected chi connectivity index (χ0v) is 13.2. The summed E-state index contributed by atoms with van der Waals surface area (Å²) < 4.78 is 0. The topological polar surface area (TPSA) is 62.2 Å². The first-order chi connectivity index (χ1) is 11.2. The number of carbonyl (C=O) groups excluding carboxylic acids is 1. The molecule has 0 saturated carbocycles. The number of aromatic hydroxyl groups is 1. The molecule has 1 amide bonds. The highest BCUT2D eigenvalue weighted by Gasteiger charge is 2.10. The fourth-order valence-electron chi connectivity index (χ4n) is 2.15. The number of amides is 1. The Hall–Kier alpha value is -2.66. The highest BCUT2D eigenvalue weighted by atomic mass is 32.1. The van der Waals surface area contributed by atoms with Crippen molar-refractivity contribution in [2.75, 3.05) is 0 Å². The number of phenols is 1. The van der Waals surface area contributed by atoms with E-state index in [9.17, 15) is 9.90 Å². The lowest BCUT2D eigenvalue weighted by molar-refractivity contribution is 0.0946. The molecule has 0 radical (unpaired) electrons. The molecule has 0 atom stereocenters. The standard InChI is InChI=1S/C18H16N2O2S/c21-15-8-6-14(7-9-15)11-19-18(22)16-12-23-17(20-16)10-13-4-2-1-3-5-13/h1-9,12,21H,10-11H2,(H,19,22). The smallest absolute Gasteiger partial charge is 0.271 e. The van der Waals surface area contributed by atoms with Gasteiger partial charge >= 0.3 is 0 Å². The average Bonchev–Trinajstić information content (AvgIpc) is 3.03. The van der Waals surface area contributed by atoms with E-state index in [1.165, 1.54) is 16.9 Å². The van der Waals surface area contributed by atoms with Gasteiger partial charge in [-0.2, -0.15) is 0 Å². The molecule has 0 aliphatic heterocycles. The minimum Gasteiger partial charge on any atom is -0.508 e. The summed E-state index contributed by atoms with van der Waals surface area (Å²) in [5.41, 5.74) is 2.55. The van der Waals surface area contributed by atoms with Gasteiger partial charge < -0.3 is 10.4 Å². The summed E-state index contributed by atoms with van der Waals surface area (Å²) in [6, 6.07) is 16.8. The molecule has 2 aromatic carbocycles. The second-order valence-corrected chi connectivity index (χ2v) is 6.08. The summed E-state index contributed by atoms with van der Waals surface area (Å²) in [7, 11) is 0. The lowest BCUT2D eigenvalue weighted by Crippen LogP contribution is -2.23. The number of thiazole rings is 1. The number of aromatic nitrogens is 1. The number of carbonyl (C=O) groups is 1. The molecular formula is C18H16N2O2S. The van der Waals surface area contributed by atoms with E-state index in [-0.39, 0.29) is 11.7 Å². The zero-order valence-electron chi connectivity index (χ0n) is 12.4. The van der Waals surface area contributed by atoms with Crippen molar-refractivity contribution in [1.82, 2.24) is 10.3 Å². The predicted molar refractivity (Wildman–Crippen MR) is 90.6 cm³/mol. The number of nitrogens with zero attached hydrogens (tertiary/aromatic N) is 1. The van der Waals surface area contributed by atoms with E-state index in [0.717, 1.165) is 17.0 Å². The SMILES string of the molecule is O=C(NCc1ccc(O)cc1)c1csc(Cc2ccccc2)n1. The lowest BCUT2D eigenvalue weighted by Gasteiger charge is -2.03. The quantitative estimate of drug-likeness (QED) is 0.756. The number of benzene rings is 2. The van der Waals surface area contributed by atoms with Gasteiger partial charge in [0.15, 0.2) is 0 Å². The van der Waals surface area contributed by atoms with Crippen LogP contribution in [0.3, 0.4) is 0 Å². The van der Waals surface area contributed by atoms with Crippen LogP contribution in [-0.4, -0.2) is 16.0 Å². The van der Waals surface area contributed by atoms with E-state index in [2.05, 4.69) is 10.3 Å². The Morgan fingerprint density at radius 2 is 1.78 bits per heavy atom. The Labute approximate surface area is 138 Å². The van der Waals surface area contributed by atoms with E-state index in [4.69, 9.17) is 0 Å². The van der Waals surface area contributed by atoms with Crippen LogP contribution in [0.25, 0.3) is 0 Å². The van der Waals surface area contributed by atoms with Gasteiger partial charge in [-0.3, -0.25) is 4.79 Å². The molecule has 0 spiro atoms. The third-order valence-corrected chi connectivity index (χ3v) is 4.22. The maximum absolute atomic E-state index is 12.1. The van der Waals surface area contributed by atoms with Gasteiger partial charge in [-0.1, -0.05) is 42.5 Å². The van der Waals surface area contributed by atoms with Crippen LogP contribution in [0.2, 0.25) is 0 Å². The molecule has 23 heavy (non-hydrogen) atoms. The Morgan fingerprint density at radius 3 is 2.52 bits per heavy atom. The number of rotatable bonds is 5. The summed E-state index contributed by atoms with van der Waals surface area (Å²) in [5.74, 6) is 0.0266. The fraction of sp³-hybridized carbons (Fsp3) is 0.111. The van der Waals surface area contributed by atoms with E-state index in [1.54, 1.807) is 29.6 Å². The van der Waals surface area contributed by atoms with Crippen LogP contribution in [0.1, 0.15) is 26.6 Å². The molecule has 3 aromatic rings. The van der Waals surface area contributed by atoms with Gasteiger partial charge in [-0.25, -0.2) is 4.98 Å². The number of phenolic OH excluding ortho intramolecular Hbond substituents is 1. The molecule has 0 saturated heterocycles. The van der Waals surface area contributed by atoms with Gasteiger partial charge in [-0.05, 0) is 23.3 Å². The monoisotopic (exact) mass is 324 g/mol. The van der Waals surface area contributed by atoms with Crippen LogP contribution < -0.4 is 5.32 Å². The third-order valence-electron chi connectivity index (χ3n) is 3.37. The van der Waals surface area contributed by atoms with Crippen LogP contribution >= 0.6 is 11.3 Å². The Kier molecular flexibility index (Phi) is 4.68. The first-order valence-corrected chi connectivity index (χ1v) is 8.13. The lowest BCUT2D eigenvalue weighted by atomic mass is 10.2. The second kappa shape index (κ2) is 7.07. The number of hydrogen-bond donors (Lipinski definition) is 2. The molecule has 3 rings (SSSR count). The Morgan fingerprint density at radius 1 is 1.04 bits per heavy atom. The van der Waals surface area contributed by atoms with Crippen molar-refractivity contribution in [3.8, 4) is 5.75 Å². The summed E-state index contributed by atoms with van der Waals surface area (Å²) in [5, 5.41) is 14.8. The Bertz CT molecular complexity index is 782. The molecule has 0 fully saturated rings.